The first-order chi connectivity index (χ1) is 12.3. The summed E-state index contributed by atoms with van der Waals surface area (Å²) in [6.45, 7) is 2.99. The average Bonchev–Trinajstić information content (AvgIpc) is 3.10. The number of rotatable bonds is 4. The van der Waals surface area contributed by atoms with Gasteiger partial charge in [-0.25, -0.2) is 21.9 Å². The SMILES string of the molecule is CS(=O)(=O)N1CCC(C2CCN(C(=O)NCc3ccc(F)cc3)C2)CC1. The number of sulfonamides is 1. The van der Waals surface area contributed by atoms with Crippen molar-refractivity contribution in [1.29, 1.82) is 0 Å². The van der Waals surface area contributed by atoms with E-state index >= 15 is 0 Å². The molecule has 8 heteroatoms. The maximum absolute atomic E-state index is 12.9. The first-order valence-corrected chi connectivity index (χ1v) is 10.9. The summed E-state index contributed by atoms with van der Waals surface area (Å²) in [6.07, 6.45) is 3.95. The van der Waals surface area contributed by atoms with Crippen molar-refractivity contribution in [3.63, 3.8) is 0 Å². The molecule has 0 bridgehead atoms. The molecule has 1 N–H and O–H groups in total. The van der Waals surface area contributed by atoms with E-state index in [1.54, 1.807) is 16.4 Å². The summed E-state index contributed by atoms with van der Waals surface area (Å²) in [7, 11) is -3.10. The maximum Gasteiger partial charge on any atom is 0.317 e. The van der Waals surface area contributed by atoms with Gasteiger partial charge in [-0.15, -0.1) is 0 Å². The molecule has 144 valence electrons. The highest BCUT2D eigenvalue weighted by atomic mass is 32.2. The van der Waals surface area contributed by atoms with E-state index in [4.69, 9.17) is 0 Å². The summed E-state index contributed by atoms with van der Waals surface area (Å²) in [5.41, 5.74) is 0.864. The molecule has 2 aliphatic heterocycles. The van der Waals surface area contributed by atoms with E-state index in [1.807, 2.05) is 4.90 Å². The molecule has 2 heterocycles. The first kappa shape index (κ1) is 19.1. The third-order valence-electron chi connectivity index (χ3n) is 5.50. The fourth-order valence-corrected chi connectivity index (χ4v) is 4.80. The van der Waals surface area contributed by atoms with Crippen molar-refractivity contribution in [2.45, 2.75) is 25.8 Å². The lowest BCUT2D eigenvalue weighted by Gasteiger charge is -2.33. The molecule has 2 aliphatic rings. The van der Waals surface area contributed by atoms with Gasteiger partial charge in [-0.05, 0) is 48.8 Å². The van der Waals surface area contributed by atoms with E-state index in [1.165, 1.54) is 18.4 Å². The molecule has 2 amide bonds. The lowest BCUT2D eigenvalue weighted by atomic mass is 9.84. The molecule has 0 aliphatic carbocycles. The van der Waals surface area contributed by atoms with Gasteiger partial charge in [-0.1, -0.05) is 12.1 Å². The summed E-state index contributed by atoms with van der Waals surface area (Å²) in [4.78, 5) is 14.2. The van der Waals surface area contributed by atoms with Crippen LogP contribution in [0.4, 0.5) is 9.18 Å². The zero-order chi connectivity index (χ0) is 18.7. The van der Waals surface area contributed by atoms with Crippen LogP contribution in [0.15, 0.2) is 24.3 Å². The van der Waals surface area contributed by atoms with E-state index in [0.717, 1.165) is 37.9 Å². The molecule has 1 aromatic rings. The van der Waals surface area contributed by atoms with Crippen molar-refractivity contribution in [3.05, 3.63) is 35.6 Å². The Morgan fingerprint density at radius 1 is 1.12 bits per heavy atom. The normalized spacial score (nSPS) is 22.5. The van der Waals surface area contributed by atoms with Gasteiger partial charge in [-0.2, -0.15) is 0 Å². The van der Waals surface area contributed by atoms with Crippen LogP contribution in [-0.2, 0) is 16.6 Å². The van der Waals surface area contributed by atoms with Gasteiger partial charge in [0.25, 0.3) is 0 Å². The minimum atomic E-state index is -3.10. The Morgan fingerprint density at radius 3 is 2.35 bits per heavy atom. The van der Waals surface area contributed by atoms with Gasteiger partial charge in [0.2, 0.25) is 10.0 Å². The van der Waals surface area contributed by atoms with Gasteiger partial charge in [0, 0.05) is 32.7 Å². The summed E-state index contributed by atoms with van der Waals surface area (Å²) < 4.78 is 37.7. The van der Waals surface area contributed by atoms with Crippen LogP contribution < -0.4 is 5.32 Å². The van der Waals surface area contributed by atoms with Gasteiger partial charge in [0.15, 0.2) is 0 Å². The molecule has 0 radical (unpaired) electrons. The minimum Gasteiger partial charge on any atom is -0.334 e. The number of hydrogen-bond donors (Lipinski definition) is 1. The van der Waals surface area contributed by atoms with Crippen molar-refractivity contribution >= 4 is 16.1 Å². The number of nitrogens with zero attached hydrogens (tertiary/aromatic N) is 2. The van der Waals surface area contributed by atoms with E-state index < -0.39 is 10.0 Å². The predicted octanol–water partition coefficient (Wildman–Crippen LogP) is 2.03. The van der Waals surface area contributed by atoms with Gasteiger partial charge >= 0.3 is 6.03 Å². The van der Waals surface area contributed by atoms with Crippen LogP contribution in [0, 0.1) is 17.7 Å². The quantitative estimate of drug-likeness (QED) is 0.865. The van der Waals surface area contributed by atoms with Crippen molar-refractivity contribution in [1.82, 2.24) is 14.5 Å². The van der Waals surface area contributed by atoms with E-state index in [-0.39, 0.29) is 11.8 Å². The second-order valence-electron chi connectivity index (χ2n) is 7.28. The number of nitrogens with one attached hydrogen (secondary N) is 1. The number of carbonyl (C=O) groups is 1. The number of amides is 2. The number of benzene rings is 1. The highest BCUT2D eigenvalue weighted by Gasteiger charge is 2.35. The van der Waals surface area contributed by atoms with Crippen LogP contribution in [-0.4, -0.2) is 56.1 Å². The van der Waals surface area contributed by atoms with Crippen molar-refractivity contribution in [2.24, 2.45) is 11.8 Å². The lowest BCUT2D eigenvalue weighted by Crippen LogP contribution is -2.41. The third kappa shape index (κ3) is 4.73. The number of halogens is 1. The number of likely N-dealkylation sites (tertiary alicyclic amines) is 1. The zero-order valence-corrected chi connectivity index (χ0v) is 15.8. The Labute approximate surface area is 154 Å². The Morgan fingerprint density at radius 2 is 1.73 bits per heavy atom. The van der Waals surface area contributed by atoms with Crippen LogP contribution in [0.25, 0.3) is 0 Å². The molecule has 0 saturated carbocycles. The van der Waals surface area contributed by atoms with Crippen molar-refractivity contribution in [2.75, 3.05) is 32.4 Å². The molecular weight excluding hydrogens is 357 g/mol. The standard InChI is InChI=1S/C18H26FN3O3S/c1-26(24,25)22-10-7-15(8-11-22)16-6-9-21(13-16)18(23)20-12-14-2-4-17(19)5-3-14/h2-5,15-16H,6-13H2,1H3,(H,20,23). The fraction of sp³-hybridized carbons (Fsp3) is 0.611. The fourth-order valence-electron chi connectivity index (χ4n) is 3.93. The minimum absolute atomic E-state index is 0.0922. The second kappa shape index (κ2) is 7.92. The maximum atomic E-state index is 12.9. The second-order valence-corrected chi connectivity index (χ2v) is 9.26. The predicted molar refractivity (Wildman–Crippen MR) is 97.5 cm³/mol. The summed E-state index contributed by atoms with van der Waals surface area (Å²) in [5.74, 6) is 0.626. The lowest BCUT2D eigenvalue weighted by molar-refractivity contribution is 0.191. The van der Waals surface area contributed by atoms with Crippen molar-refractivity contribution in [3.8, 4) is 0 Å². The molecule has 2 fully saturated rings. The summed E-state index contributed by atoms with van der Waals surface area (Å²) in [6, 6.07) is 6.01. The smallest absolute Gasteiger partial charge is 0.317 e. The van der Waals surface area contributed by atoms with Gasteiger partial charge in [0.05, 0.1) is 6.26 Å². The zero-order valence-electron chi connectivity index (χ0n) is 15.0. The molecule has 1 atom stereocenters. The summed E-state index contributed by atoms with van der Waals surface area (Å²) in [5, 5.41) is 2.89. The molecule has 0 spiro atoms. The van der Waals surface area contributed by atoms with Gasteiger partial charge < -0.3 is 10.2 Å². The molecule has 1 unspecified atom stereocenters. The molecular formula is C18H26FN3O3S. The Balaban J connectivity index is 1.45. The van der Waals surface area contributed by atoms with Gasteiger partial charge in [-0.3, -0.25) is 0 Å². The van der Waals surface area contributed by atoms with Crippen LogP contribution >= 0.6 is 0 Å². The molecule has 2 saturated heterocycles. The Bertz CT molecular complexity index is 731. The monoisotopic (exact) mass is 383 g/mol. The third-order valence-corrected chi connectivity index (χ3v) is 6.81. The molecule has 0 aromatic heterocycles. The van der Waals surface area contributed by atoms with Gasteiger partial charge in [0.1, 0.15) is 5.82 Å². The first-order valence-electron chi connectivity index (χ1n) is 9.05. The molecule has 1 aromatic carbocycles. The summed E-state index contributed by atoms with van der Waals surface area (Å²) >= 11 is 0. The number of urea groups is 1. The number of carbonyl (C=O) groups excluding carboxylic acids is 1. The molecule has 26 heavy (non-hydrogen) atoms. The van der Waals surface area contributed by atoms with Crippen molar-refractivity contribution < 1.29 is 17.6 Å². The van der Waals surface area contributed by atoms with Crippen LogP contribution in [0.1, 0.15) is 24.8 Å². The van der Waals surface area contributed by atoms with E-state index in [0.29, 0.717) is 31.5 Å². The molecule has 6 nitrogen and oxygen atoms in total. The topological polar surface area (TPSA) is 69.7 Å². The van der Waals surface area contributed by atoms with Crippen LogP contribution in [0.3, 0.4) is 0 Å². The average molecular weight is 383 g/mol. The Kier molecular flexibility index (Phi) is 5.82. The highest BCUT2D eigenvalue weighted by Crippen LogP contribution is 2.32. The molecule has 3 rings (SSSR count). The number of piperidine rings is 1. The highest BCUT2D eigenvalue weighted by molar-refractivity contribution is 7.88. The van der Waals surface area contributed by atoms with E-state index in [2.05, 4.69) is 5.32 Å². The Hall–Kier alpha value is -1.67. The van der Waals surface area contributed by atoms with Crippen LogP contribution in [0.5, 0.6) is 0 Å². The van der Waals surface area contributed by atoms with E-state index in [9.17, 15) is 17.6 Å². The number of hydrogen-bond acceptors (Lipinski definition) is 3. The van der Waals surface area contributed by atoms with Crippen LogP contribution in [0.2, 0.25) is 0 Å². The largest absolute Gasteiger partial charge is 0.334 e.